The van der Waals surface area contributed by atoms with Crippen molar-refractivity contribution in [2.75, 3.05) is 5.32 Å². The third-order valence-electron chi connectivity index (χ3n) is 4.48. The number of rotatable bonds is 7. The van der Waals surface area contributed by atoms with Gasteiger partial charge in [0.05, 0.1) is 0 Å². The molecule has 0 fully saturated rings. The highest BCUT2D eigenvalue weighted by Gasteiger charge is 2.10. The number of ether oxygens (including phenoxy) is 1. The van der Waals surface area contributed by atoms with E-state index in [9.17, 15) is 9.59 Å². The summed E-state index contributed by atoms with van der Waals surface area (Å²) in [7, 11) is 0. The van der Waals surface area contributed by atoms with E-state index in [1.807, 2.05) is 61.5 Å². The molecule has 0 aliphatic carbocycles. The lowest BCUT2D eigenvalue weighted by Crippen LogP contribution is -2.36. The van der Waals surface area contributed by atoms with Crippen LogP contribution in [0.5, 0.6) is 5.75 Å². The second-order valence-corrected chi connectivity index (χ2v) is 7.00. The summed E-state index contributed by atoms with van der Waals surface area (Å²) < 4.78 is 6.99. The molecule has 0 aliphatic heterocycles. The number of H-pyrrole nitrogens is 1. The Morgan fingerprint density at radius 2 is 1.68 bits per heavy atom. The van der Waals surface area contributed by atoms with Gasteiger partial charge in [-0.05, 0) is 44.0 Å². The Balaban J connectivity index is 1.65. The molecule has 0 radical (unpaired) electrons. The van der Waals surface area contributed by atoms with Crippen LogP contribution in [-0.4, -0.2) is 9.55 Å². The van der Waals surface area contributed by atoms with Crippen molar-refractivity contribution in [1.29, 1.82) is 0 Å². The first-order valence-corrected chi connectivity index (χ1v) is 9.33. The van der Waals surface area contributed by atoms with E-state index in [-0.39, 0.29) is 17.6 Å². The highest BCUT2D eigenvalue weighted by molar-refractivity contribution is 5.38. The molecule has 1 atom stereocenters. The summed E-state index contributed by atoms with van der Waals surface area (Å²) >= 11 is 0. The van der Waals surface area contributed by atoms with Crippen molar-refractivity contribution in [3.05, 3.63) is 92.6 Å². The molecule has 1 unspecified atom stereocenters. The molecule has 28 heavy (non-hydrogen) atoms. The van der Waals surface area contributed by atoms with Gasteiger partial charge in [0.2, 0.25) is 0 Å². The van der Waals surface area contributed by atoms with Crippen LogP contribution in [0.1, 0.15) is 44.0 Å². The quantitative estimate of drug-likeness (QED) is 0.653. The highest BCUT2D eigenvalue weighted by atomic mass is 16.5. The molecule has 3 aromatic rings. The number of hydrogen-bond acceptors (Lipinski definition) is 4. The van der Waals surface area contributed by atoms with Gasteiger partial charge in [-0.15, -0.1) is 0 Å². The average Bonchev–Trinajstić information content (AvgIpc) is 2.66. The molecular weight excluding hydrogens is 354 g/mol. The average molecular weight is 379 g/mol. The minimum absolute atomic E-state index is 0.0897. The Hall–Kier alpha value is -3.28. The first kappa shape index (κ1) is 19.5. The van der Waals surface area contributed by atoms with Gasteiger partial charge in [0.1, 0.15) is 18.2 Å². The fourth-order valence-electron chi connectivity index (χ4n) is 2.98. The van der Waals surface area contributed by atoms with Crippen molar-refractivity contribution in [3.63, 3.8) is 0 Å². The summed E-state index contributed by atoms with van der Waals surface area (Å²) in [6.45, 7) is 6.08. The molecule has 1 aromatic heterocycles. The zero-order valence-electron chi connectivity index (χ0n) is 16.3. The standard InChI is InChI=1S/C22H25N3O3/c1-15(2)25-21(26)13-20(24-22(25)27)23-16(3)18-9-11-19(12-10-18)28-14-17-7-5-4-6-8-17/h4-13,15-16,23H,14H2,1-3H3,(H,24,27). The maximum Gasteiger partial charge on any atom is 0.330 e. The van der Waals surface area contributed by atoms with Crippen LogP contribution >= 0.6 is 0 Å². The van der Waals surface area contributed by atoms with Crippen molar-refractivity contribution in [2.24, 2.45) is 0 Å². The highest BCUT2D eigenvalue weighted by Crippen LogP contribution is 2.21. The van der Waals surface area contributed by atoms with Crippen molar-refractivity contribution in [1.82, 2.24) is 9.55 Å². The van der Waals surface area contributed by atoms with E-state index in [1.54, 1.807) is 13.8 Å². The summed E-state index contributed by atoms with van der Waals surface area (Å²) in [5.74, 6) is 1.19. The minimum atomic E-state index is -0.415. The third-order valence-corrected chi connectivity index (χ3v) is 4.48. The lowest BCUT2D eigenvalue weighted by molar-refractivity contribution is 0.306. The molecule has 3 rings (SSSR count). The Labute approximate surface area is 163 Å². The monoisotopic (exact) mass is 379 g/mol. The van der Waals surface area contributed by atoms with E-state index in [0.717, 1.165) is 16.9 Å². The van der Waals surface area contributed by atoms with E-state index in [4.69, 9.17) is 4.74 Å². The van der Waals surface area contributed by atoms with Gasteiger partial charge in [-0.2, -0.15) is 0 Å². The zero-order chi connectivity index (χ0) is 20.1. The number of nitrogens with zero attached hydrogens (tertiary/aromatic N) is 1. The topological polar surface area (TPSA) is 76.1 Å². The van der Waals surface area contributed by atoms with Gasteiger partial charge in [0.15, 0.2) is 0 Å². The maximum absolute atomic E-state index is 12.1. The van der Waals surface area contributed by atoms with Gasteiger partial charge in [0.25, 0.3) is 5.56 Å². The van der Waals surface area contributed by atoms with Crippen LogP contribution in [0, 0.1) is 0 Å². The maximum atomic E-state index is 12.1. The Kier molecular flexibility index (Phi) is 5.99. The van der Waals surface area contributed by atoms with Crippen LogP contribution in [0.3, 0.4) is 0 Å². The molecule has 6 heteroatoms. The lowest BCUT2D eigenvalue weighted by Gasteiger charge is -2.17. The van der Waals surface area contributed by atoms with E-state index >= 15 is 0 Å². The van der Waals surface area contributed by atoms with E-state index < -0.39 is 5.69 Å². The SMILES string of the molecule is CC(Nc1cc(=O)n(C(C)C)c(=O)[nH]1)c1ccc(OCc2ccccc2)cc1. The minimum Gasteiger partial charge on any atom is -0.489 e. The van der Waals surface area contributed by atoms with Crippen LogP contribution in [0.2, 0.25) is 0 Å². The fourth-order valence-corrected chi connectivity index (χ4v) is 2.98. The molecule has 0 amide bonds. The largest absolute Gasteiger partial charge is 0.489 e. The summed E-state index contributed by atoms with van der Waals surface area (Å²) in [6.07, 6.45) is 0. The molecule has 0 saturated carbocycles. The van der Waals surface area contributed by atoms with Gasteiger partial charge >= 0.3 is 5.69 Å². The number of benzene rings is 2. The van der Waals surface area contributed by atoms with Gasteiger partial charge in [-0.1, -0.05) is 42.5 Å². The molecule has 6 nitrogen and oxygen atoms in total. The predicted molar refractivity (Wildman–Crippen MR) is 111 cm³/mol. The first-order chi connectivity index (χ1) is 13.4. The van der Waals surface area contributed by atoms with Crippen LogP contribution in [-0.2, 0) is 6.61 Å². The number of aromatic amines is 1. The summed E-state index contributed by atoms with van der Waals surface area (Å²) in [5.41, 5.74) is 1.39. The summed E-state index contributed by atoms with van der Waals surface area (Å²) in [4.78, 5) is 27.0. The summed E-state index contributed by atoms with van der Waals surface area (Å²) in [6, 6.07) is 18.9. The van der Waals surface area contributed by atoms with Crippen molar-refractivity contribution >= 4 is 5.82 Å². The van der Waals surface area contributed by atoms with Crippen molar-refractivity contribution in [2.45, 2.75) is 39.5 Å². The van der Waals surface area contributed by atoms with Crippen molar-refractivity contribution < 1.29 is 4.74 Å². The Morgan fingerprint density at radius 3 is 2.29 bits per heavy atom. The van der Waals surface area contributed by atoms with Gasteiger partial charge in [-0.25, -0.2) is 4.79 Å². The zero-order valence-corrected chi connectivity index (χ0v) is 16.3. The summed E-state index contributed by atoms with van der Waals surface area (Å²) in [5, 5.41) is 3.17. The molecule has 146 valence electrons. The molecule has 0 saturated heterocycles. The number of aromatic nitrogens is 2. The van der Waals surface area contributed by atoms with Crippen LogP contribution < -0.4 is 21.3 Å². The fraction of sp³-hybridized carbons (Fsp3) is 0.273. The molecule has 0 bridgehead atoms. The molecule has 2 aromatic carbocycles. The number of hydrogen-bond donors (Lipinski definition) is 2. The van der Waals surface area contributed by atoms with Crippen LogP contribution in [0.4, 0.5) is 5.82 Å². The second-order valence-electron chi connectivity index (χ2n) is 7.00. The predicted octanol–water partition coefficient (Wildman–Crippen LogP) is 3.87. The molecule has 1 heterocycles. The first-order valence-electron chi connectivity index (χ1n) is 9.33. The number of anilines is 1. The lowest BCUT2D eigenvalue weighted by atomic mass is 10.1. The third kappa shape index (κ3) is 4.71. The van der Waals surface area contributed by atoms with Gasteiger partial charge < -0.3 is 10.1 Å². The Bertz CT molecular complexity index is 990. The number of nitrogens with one attached hydrogen (secondary N) is 2. The van der Waals surface area contributed by atoms with Crippen LogP contribution in [0.15, 0.2) is 70.3 Å². The van der Waals surface area contributed by atoms with E-state index in [0.29, 0.717) is 12.4 Å². The smallest absolute Gasteiger partial charge is 0.330 e. The van der Waals surface area contributed by atoms with Gasteiger partial charge in [-0.3, -0.25) is 14.3 Å². The molecule has 0 aliphatic rings. The van der Waals surface area contributed by atoms with E-state index in [2.05, 4.69) is 10.3 Å². The molecule has 0 spiro atoms. The second kappa shape index (κ2) is 8.61. The van der Waals surface area contributed by atoms with Crippen LogP contribution in [0.25, 0.3) is 0 Å². The molecule has 2 N–H and O–H groups in total. The normalized spacial score (nSPS) is 12.0. The van der Waals surface area contributed by atoms with Crippen molar-refractivity contribution in [3.8, 4) is 5.75 Å². The van der Waals surface area contributed by atoms with Gasteiger partial charge in [0, 0.05) is 18.2 Å². The molecular formula is C22H25N3O3. The Morgan fingerprint density at radius 1 is 1.00 bits per heavy atom. The van der Waals surface area contributed by atoms with E-state index in [1.165, 1.54) is 10.6 Å².